The van der Waals surface area contributed by atoms with Gasteiger partial charge in [-0.2, -0.15) is 10.5 Å². The molecular formula is C21H22ClN5O. The van der Waals surface area contributed by atoms with Gasteiger partial charge in [0.1, 0.15) is 6.07 Å². The largest absolute Gasteiger partial charge is 0.423 e. The normalized spacial score (nSPS) is 8.93. The van der Waals surface area contributed by atoms with Gasteiger partial charge in [0.15, 0.2) is 0 Å². The zero-order valence-electron chi connectivity index (χ0n) is 16.1. The van der Waals surface area contributed by atoms with Gasteiger partial charge >= 0.3 is 0 Å². The molecule has 0 saturated carbocycles. The molecule has 6 nitrogen and oxygen atoms in total. The lowest BCUT2D eigenvalue weighted by molar-refractivity contribution is 0.568. The van der Waals surface area contributed by atoms with Crippen molar-refractivity contribution in [2.24, 2.45) is 0 Å². The average molecular weight is 396 g/mol. The minimum atomic E-state index is 0.462. The fourth-order valence-corrected chi connectivity index (χ4v) is 2.19. The van der Waals surface area contributed by atoms with Crippen molar-refractivity contribution in [1.29, 1.82) is 10.5 Å². The lowest BCUT2D eigenvalue weighted by atomic mass is 10.1. The first-order valence-electron chi connectivity index (χ1n) is 8.88. The number of hydrogen-bond donors (Lipinski definition) is 1. The second-order valence-corrected chi connectivity index (χ2v) is 5.57. The summed E-state index contributed by atoms with van der Waals surface area (Å²) in [6, 6.07) is 16.4. The van der Waals surface area contributed by atoms with Crippen LogP contribution in [0.2, 0.25) is 5.02 Å². The molecule has 1 heterocycles. The van der Waals surface area contributed by atoms with Crippen LogP contribution in [-0.2, 0) is 0 Å². The summed E-state index contributed by atoms with van der Waals surface area (Å²) in [6.07, 6.45) is 2.34. The van der Waals surface area contributed by atoms with E-state index in [0.29, 0.717) is 22.0 Å². The maximum atomic E-state index is 8.63. The van der Waals surface area contributed by atoms with Crippen LogP contribution < -0.4 is 5.32 Å². The first-order valence-corrected chi connectivity index (χ1v) is 9.26. The minimum absolute atomic E-state index is 0.462. The second-order valence-electron chi connectivity index (χ2n) is 5.17. The highest BCUT2D eigenvalue weighted by molar-refractivity contribution is 6.32. The van der Waals surface area contributed by atoms with E-state index >= 15 is 0 Å². The van der Waals surface area contributed by atoms with Crippen molar-refractivity contribution >= 4 is 17.3 Å². The topological polar surface area (TPSA) is 98.5 Å². The van der Waals surface area contributed by atoms with Crippen molar-refractivity contribution in [3.63, 3.8) is 0 Å². The van der Waals surface area contributed by atoms with Gasteiger partial charge in [0, 0.05) is 17.8 Å². The van der Waals surface area contributed by atoms with Gasteiger partial charge in [0.05, 0.1) is 22.2 Å². The molecule has 3 rings (SSSR count). The number of aromatic nitrogens is 2. The van der Waals surface area contributed by atoms with Crippen molar-refractivity contribution in [1.82, 2.24) is 10.2 Å². The van der Waals surface area contributed by atoms with E-state index in [4.69, 9.17) is 26.5 Å². The third-order valence-electron chi connectivity index (χ3n) is 3.29. The molecule has 1 N–H and O–H groups in total. The lowest BCUT2D eigenvalue weighted by Gasteiger charge is -2.04. The van der Waals surface area contributed by atoms with E-state index < -0.39 is 0 Å². The van der Waals surface area contributed by atoms with E-state index in [1.165, 1.54) is 6.39 Å². The van der Waals surface area contributed by atoms with E-state index in [1.807, 2.05) is 32.1 Å². The number of nitriles is 2. The Labute approximate surface area is 170 Å². The predicted molar refractivity (Wildman–Crippen MR) is 111 cm³/mol. The van der Waals surface area contributed by atoms with E-state index in [9.17, 15) is 0 Å². The molecule has 0 aliphatic heterocycles. The van der Waals surface area contributed by atoms with Crippen molar-refractivity contribution < 1.29 is 4.42 Å². The quantitative estimate of drug-likeness (QED) is 0.611. The summed E-state index contributed by atoms with van der Waals surface area (Å²) in [4.78, 5) is 0. The highest BCUT2D eigenvalue weighted by atomic mass is 35.5. The molecular weight excluding hydrogens is 374 g/mol. The van der Waals surface area contributed by atoms with Gasteiger partial charge in [-0.05, 0) is 48.9 Å². The summed E-state index contributed by atoms with van der Waals surface area (Å²) < 4.78 is 4.99. The third kappa shape index (κ3) is 7.11. The zero-order valence-corrected chi connectivity index (χ0v) is 16.9. The van der Waals surface area contributed by atoms with Crippen LogP contribution in [0.3, 0.4) is 0 Å². The Hall–Kier alpha value is -3.35. The van der Waals surface area contributed by atoms with Crippen LogP contribution in [0.25, 0.3) is 11.5 Å². The van der Waals surface area contributed by atoms with Gasteiger partial charge in [-0.25, -0.2) is 0 Å². The predicted octanol–water partition coefficient (Wildman–Crippen LogP) is 5.67. The second kappa shape index (κ2) is 12.9. The molecule has 0 spiro atoms. The van der Waals surface area contributed by atoms with E-state index in [1.54, 1.807) is 36.4 Å². The summed E-state index contributed by atoms with van der Waals surface area (Å²) in [5.74, 6) is 0.462. The Morgan fingerprint density at radius 1 is 1.07 bits per heavy atom. The molecule has 7 heteroatoms. The average Bonchev–Trinajstić information content (AvgIpc) is 3.29. The Balaban J connectivity index is 0.000000257. The van der Waals surface area contributed by atoms with E-state index in [-0.39, 0.29) is 0 Å². The van der Waals surface area contributed by atoms with Crippen LogP contribution in [0.4, 0.5) is 5.69 Å². The zero-order chi connectivity index (χ0) is 20.8. The number of benzene rings is 2. The summed E-state index contributed by atoms with van der Waals surface area (Å²) >= 11 is 5.85. The number of halogens is 1. The SMILES string of the molecule is CC.CCCNc1ccc(C#N)c(Cl)c1.N#Cc1ccc(-c2nnco2)cc1. The molecule has 0 atom stereocenters. The van der Waals surface area contributed by atoms with Crippen molar-refractivity contribution in [2.75, 3.05) is 11.9 Å². The molecule has 0 radical (unpaired) electrons. The summed E-state index contributed by atoms with van der Waals surface area (Å²) in [5.41, 5.74) is 2.91. The van der Waals surface area contributed by atoms with Gasteiger partial charge in [0.2, 0.25) is 12.3 Å². The lowest BCUT2D eigenvalue weighted by Crippen LogP contribution is -1.99. The molecule has 0 aliphatic carbocycles. The Morgan fingerprint density at radius 2 is 1.79 bits per heavy atom. The van der Waals surface area contributed by atoms with Gasteiger partial charge < -0.3 is 9.73 Å². The Kier molecular flexibility index (Phi) is 10.5. The maximum Gasteiger partial charge on any atom is 0.247 e. The molecule has 28 heavy (non-hydrogen) atoms. The van der Waals surface area contributed by atoms with Crippen LogP contribution in [-0.4, -0.2) is 16.7 Å². The third-order valence-corrected chi connectivity index (χ3v) is 3.60. The number of rotatable bonds is 4. The minimum Gasteiger partial charge on any atom is -0.423 e. The van der Waals surface area contributed by atoms with E-state index in [2.05, 4.69) is 22.4 Å². The van der Waals surface area contributed by atoms with Crippen LogP contribution in [0.1, 0.15) is 38.3 Å². The number of hydrogen-bond acceptors (Lipinski definition) is 6. The fraction of sp³-hybridized carbons (Fsp3) is 0.238. The van der Waals surface area contributed by atoms with Crippen molar-refractivity contribution in [3.8, 4) is 23.6 Å². The van der Waals surface area contributed by atoms with Gasteiger partial charge in [-0.1, -0.05) is 32.4 Å². The molecule has 0 unspecified atom stereocenters. The molecule has 0 saturated heterocycles. The van der Waals surface area contributed by atoms with Crippen LogP contribution in [0.15, 0.2) is 53.3 Å². The first-order chi connectivity index (χ1) is 13.7. The fourth-order valence-electron chi connectivity index (χ4n) is 1.97. The Bertz CT molecular complexity index is 909. The molecule has 0 amide bonds. The number of nitrogens with zero attached hydrogens (tertiary/aromatic N) is 4. The number of anilines is 1. The van der Waals surface area contributed by atoms with Gasteiger partial charge in [-0.3, -0.25) is 0 Å². The number of nitrogens with one attached hydrogen (secondary N) is 1. The molecule has 0 bridgehead atoms. The maximum absolute atomic E-state index is 8.63. The summed E-state index contributed by atoms with van der Waals surface area (Å²) in [6.45, 7) is 7.01. The monoisotopic (exact) mass is 395 g/mol. The van der Waals surface area contributed by atoms with Gasteiger partial charge in [0.25, 0.3) is 0 Å². The summed E-state index contributed by atoms with van der Waals surface area (Å²) in [5, 5.41) is 28.2. The first kappa shape index (κ1) is 22.7. The van der Waals surface area contributed by atoms with Crippen LogP contribution in [0.5, 0.6) is 0 Å². The molecule has 144 valence electrons. The smallest absolute Gasteiger partial charge is 0.247 e. The molecule has 3 aromatic rings. The van der Waals surface area contributed by atoms with Crippen LogP contribution in [0, 0.1) is 22.7 Å². The highest BCUT2D eigenvalue weighted by Crippen LogP contribution is 2.20. The van der Waals surface area contributed by atoms with Gasteiger partial charge in [-0.15, -0.1) is 10.2 Å². The highest BCUT2D eigenvalue weighted by Gasteiger charge is 2.02. The molecule has 0 aliphatic rings. The van der Waals surface area contributed by atoms with E-state index in [0.717, 1.165) is 24.2 Å². The van der Waals surface area contributed by atoms with Crippen molar-refractivity contribution in [3.05, 3.63) is 65.0 Å². The molecule has 2 aromatic carbocycles. The standard InChI is InChI=1S/C10H11ClN2.C9H5N3O.C2H6/c1-2-5-13-9-4-3-8(7-12)10(11)6-9;10-5-7-1-3-8(4-2-7)9-12-11-6-13-9;1-2/h3-4,6,13H,2,5H2,1H3;1-4,6H;1-2H3. The Morgan fingerprint density at radius 3 is 2.29 bits per heavy atom. The summed E-state index contributed by atoms with van der Waals surface area (Å²) in [7, 11) is 0. The van der Waals surface area contributed by atoms with Crippen LogP contribution >= 0.6 is 11.6 Å². The molecule has 1 aromatic heterocycles. The van der Waals surface area contributed by atoms with Crippen molar-refractivity contribution in [2.45, 2.75) is 27.2 Å². The molecule has 0 fully saturated rings.